The molecule has 0 atom stereocenters. The van der Waals surface area contributed by atoms with Gasteiger partial charge in [0.25, 0.3) is 0 Å². The van der Waals surface area contributed by atoms with E-state index in [2.05, 4.69) is 30.7 Å². The molecular formula is C15H24N2O. The van der Waals surface area contributed by atoms with Gasteiger partial charge in [0.05, 0.1) is 5.60 Å². The molecular weight excluding hydrogens is 224 g/mol. The van der Waals surface area contributed by atoms with Crippen molar-refractivity contribution in [3.05, 3.63) is 30.1 Å². The van der Waals surface area contributed by atoms with Gasteiger partial charge >= 0.3 is 0 Å². The molecule has 0 spiro atoms. The van der Waals surface area contributed by atoms with Crippen LogP contribution in [0.5, 0.6) is 0 Å². The van der Waals surface area contributed by atoms with Crippen LogP contribution in [0, 0.1) is 0 Å². The van der Waals surface area contributed by atoms with Gasteiger partial charge in [0.2, 0.25) is 0 Å². The summed E-state index contributed by atoms with van der Waals surface area (Å²) in [5.74, 6) is 0. The average Bonchev–Trinajstić information content (AvgIpc) is 2.29. The molecule has 0 unspecified atom stereocenters. The van der Waals surface area contributed by atoms with Crippen molar-refractivity contribution >= 4 is 0 Å². The Morgan fingerprint density at radius 2 is 2.00 bits per heavy atom. The van der Waals surface area contributed by atoms with E-state index in [9.17, 15) is 5.11 Å². The van der Waals surface area contributed by atoms with Gasteiger partial charge in [-0.3, -0.25) is 9.88 Å². The van der Waals surface area contributed by atoms with Crippen molar-refractivity contribution in [2.75, 3.05) is 13.1 Å². The number of pyridine rings is 1. The topological polar surface area (TPSA) is 36.4 Å². The van der Waals surface area contributed by atoms with Gasteiger partial charge in [0.1, 0.15) is 0 Å². The number of aromatic nitrogens is 1. The molecule has 3 heteroatoms. The van der Waals surface area contributed by atoms with Gasteiger partial charge in [-0.1, -0.05) is 6.07 Å². The molecule has 2 rings (SSSR count). The lowest BCUT2D eigenvalue weighted by Crippen LogP contribution is -2.52. The van der Waals surface area contributed by atoms with Crippen molar-refractivity contribution in [2.24, 2.45) is 0 Å². The fraction of sp³-hybridized carbons (Fsp3) is 0.667. The summed E-state index contributed by atoms with van der Waals surface area (Å²) < 4.78 is 0. The summed E-state index contributed by atoms with van der Waals surface area (Å²) in [7, 11) is 0. The maximum absolute atomic E-state index is 10.7. The van der Waals surface area contributed by atoms with E-state index in [1.54, 1.807) is 6.20 Å². The molecule has 1 aliphatic rings. The first kappa shape index (κ1) is 13.5. The van der Waals surface area contributed by atoms with Crippen LogP contribution in [0.4, 0.5) is 0 Å². The van der Waals surface area contributed by atoms with Crippen LogP contribution >= 0.6 is 0 Å². The standard InChI is InChI=1S/C15H24N2O/c1-14(2,3)17-9-6-15(18,7-10-17)11-13-5-4-8-16-12-13/h4-5,8,12,18H,6-7,9-11H2,1-3H3. The lowest BCUT2D eigenvalue weighted by atomic mass is 9.84. The van der Waals surface area contributed by atoms with Gasteiger partial charge in [-0.2, -0.15) is 0 Å². The molecule has 0 aromatic carbocycles. The van der Waals surface area contributed by atoms with Gasteiger partial charge in [-0.05, 0) is 45.2 Å². The maximum Gasteiger partial charge on any atom is 0.0712 e. The van der Waals surface area contributed by atoms with E-state index < -0.39 is 5.60 Å². The highest BCUT2D eigenvalue weighted by molar-refractivity contribution is 5.12. The molecule has 2 heterocycles. The molecule has 1 fully saturated rings. The number of nitrogens with zero attached hydrogens (tertiary/aromatic N) is 2. The number of hydrogen-bond donors (Lipinski definition) is 1. The zero-order chi connectivity index (χ0) is 13.2. The molecule has 18 heavy (non-hydrogen) atoms. The zero-order valence-corrected chi connectivity index (χ0v) is 11.7. The van der Waals surface area contributed by atoms with E-state index in [4.69, 9.17) is 0 Å². The normalized spacial score (nSPS) is 20.9. The van der Waals surface area contributed by atoms with Crippen molar-refractivity contribution in [1.29, 1.82) is 0 Å². The number of likely N-dealkylation sites (tertiary alicyclic amines) is 1. The zero-order valence-electron chi connectivity index (χ0n) is 11.7. The van der Waals surface area contributed by atoms with E-state index in [1.165, 1.54) is 0 Å². The summed E-state index contributed by atoms with van der Waals surface area (Å²) in [6, 6.07) is 3.98. The molecule has 0 saturated carbocycles. The summed E-state index contributed by atoms with van der Waals surface area (Å²) in [6.07, 6.45) is 6.04. The minimum Gasteiger partial charge on any atom is -0.389 e. The quantitative estimate of drug-likeness (QED) is 0.872. The summed E-state index contributed by atoms with van der Waals surface area (Å²) >= 11 is 0. The summed E-state index contributed by atoms with van der Waals surface area (Å²) in [6.45, 7) is 8.65. The Kier molecular flexibility index (Phi) is 3.74. The lowest BCUT2D eigenvalue weighted by Gasteiger charge is -2.44. The van der Waals surface area contributed by atoms with Gasteiger partial charge in [-0.25, -0.2) is 0 Å². The number of rotatable bonds is 2. The average molecular weight is 248 g/mol. The molecule has 1 N–H and O–H groups in total. The summed E-state index contributed by atoms with van der Waals surface area (Å²) in [4.78, 5) is 6.56. The Bertz CT molecular complexity index is 375. The summed E-state index contributed by atoms with van der Waals surface area (Å²) in [5.41, 5.74) is 0.782. The van der Waals surface area contributed by atoms with Gasteiger partial charge in [0, 0.05) is 37.4 Å². The molecule has 0 radical (unpaired) electrons. The van der Waals surface area contributed by atoms with Crippen LogP contribution in [0.15, 0.2) is 24.5 Å². The third kappa shape index (κ3) is 3.30. The Balaban J connectivity index is 1.95. The van der Waals surface area contributed by atoms with E-state index in [0.717, 1.165) is 37.9 Å². The van der Waals surface area contributed by atoms with Crippen molar-refractivity contribution < 1.29 is 5.11 Å². The largest absolute Gasteiger partial charge is 0.389 e. The fourth-order valence-electron chi connectivity index (χ4n) is 2.65. The Morgan fingerprint density at radius 1 is 1.33 bits per heavy atom. The highest BCUT2D eigenvalue weighted by Crippen LogP contribution is 2.29. The third-order valence-electron chi connectivity index (χ3n) is 3.90. The lowest BCUT2D eigenvalue weighted by molar-refractivity contribution is -0.0411. The van der Waals surface area contributed by atoms with Crippen LogP contribution in [0.3, 0.4) is 0 Å². The maximum atomic E-state index is 10.7. The van der Waals surface area contributed by atoms with Crippen molar-refractivity contribution in [2.45, 2.75) is 51.2 Å². The highest BCUT2D eigenvalue weighted by Gasteiger charge is 2.35. The van der Waals surface area contributed by atoms with Crippen LogP contribution in [0.1, 0.15) is 39.2 Å². The predicted octanol–water partition coefficient (Wildman–Crippen LogP) is 2.25. The Morgan fingerprint density at radius 3 is 2.50 bits per heavy atom. The molecule has 1 saturated heterocycles. The first-order chi connectivity index (χ1) is 8.39. The number of hydrogen-bond acceptors (Lipinski definition) is 3. The predicted molar refractivity (Wildman–Crippen MR) is 73.5 cm³/mol. The molecule has 0 bridgehead atoms. The molecule has 0 aliphatic carbocycles. The van der Waals surface area contributed by atoms with Crippen molar-refractivity contribution in [1.82, 2.24) is 9.88 Å². The molecule has 1 aromatic rings. The van der Waals surface area contributed by atoms with Gasteiger partial charge in [0.15, 0.2) is 0 Å². The molecule has 1 aliphatic heterocycles. The minimum atomic E-state index is -0.551. The molecule has 0 amide bonds. The number of piperidine rings is 1. The monoisotopic (exact) mass is 248 g/mol. The smallest absolute Gasteiger partial charge is 0.0712 e. The highest BCUT2D eigenvalue weighted by atomic mass is 16.3. The number of aliphatic hydroxyl groups is 1. The van der Waals surface area contributed by atoms with E-state index in [-0.39, 0.29) is 5.54 Å². The SMILES string of the molecule is CC(C)(C)N1CCC(O)(Cc2cccnc2)CC1. The molecule has 1 aromatic heterocycles. The van der Waals surface area contributed by atoms with Crippen LogP contribution in [0.25, 0.3) is 0 Å². The first-order valence-corrected chi connectivity index (χ1v) is 6.75. The Labute approximate surface area is 110 Å². The van der Waals surface area contributed by atoms with Gasteiger partial charge < -0.3 is 5.11 Å². The molecule has 100 valence electrons. The van der Waals surface area contributed by atoms with E-state index in [1.807, 2.05) is 18.3 Å². The molecule has 3 nitrogen and oxygen atoms in total. The van der Waals surface area contributed by atoms with Crippen LogP contribution in [-0.2, 0) is 6.42 Å². The van der Waals surface area contributed by atoms with E-state index >= 15 is 0 Å². The van der Waals surface area contributed by atoms with Crippen LogP contribution in [-0.4, -0.2) is 39.2 Å². The van der Waals surface area contributed by atoms with Crippen LogP contribution in [0.2, 0.25) is 0 Å². The second-order valence-electron chi connectivity index (χ2n) is 6.42. The summed E-state index contributed by atoms with van der Waals surface area (Å²) in [5, 5.41) is 10.7. The minimum absolute atomic E-state index is 0.204. The van der Waals surface area contributed by atoms with Crippen molar-refractivity contribution in [3.8, 4) is 0 Å². The van der Waals surface area contributed by atoms with Gasteiger partial charge in [-0.15, -0.1) is 0 Å². The Hall–Kier alpha value is -0.930. The third-order valence-corrected chi connectivity index (χ3v) is 3.90. The van der Waals surface area contributed by atoms with E-state index in [0.29, 0.717) is 0 Å². The van der Waals surface area contributed by atoms with Crippen molar-refractivity contribution in [3.63, 3.8) is 0 Å². The fourth-order valence-corrected chi connectivity index (χ4v) is 2.65. The first-order valence-electron chi connectivity index (χ1n) is 6.75. The second kappa shape index (κ2) is 4.98. The van der Waals surface area contributed by atoms with Crippen LogP contribution < -0.4 is 0 Å². The second-order valence-corrected chi connectivity index (χ2v) is 6.42.